The van der Waals surface area contributed by atoms with Gasteiger partial charge in [0.25, 0.3) is 0 Å². The summed E-state index contributed by atoms with van der Waals surface area (Å²) in [4.78, 5) is 2.73. The second kappa shape index (κ2) is 9.23. The summed E-state index contributed by atoms with van der Waals surface area (Å²) < 4.78 is 0. The summed E-state index contributed by atoms with van der Waals surface area (Å²) in [6.07, 6.45) is 11.7. The molecule has 0 radical (unpaired) electrons. The molecule has 0 spiro atoms. The van der Waals surface area contributed by atoms with Gasteiger partial charge in [0.15, 0.2) is 0 Å². The average Bonchev–Trinajstić information content (AvgIpc) is 2.36. The van der Waals surface area contributed by atoms with Crippen LogP contribution in [-0.4, -0.2) is 42.1 Å². The van der Waals surface area contributed by atoms with Crippen molar-refractivity contribution in [3.05, 3.63) is 0 Å². The van der Waals surface area contributed by atoms with Gasteiger partial charge in [-0.25, -0.2) is 0 Å². The molecule has 0 bridgehead atoms. The Hall–Kier alpha value is 0.270. The summed E-state index contributed by atoms with van der Waals surface area (Å²) in [5.41, 5.74) is 6.00. The normalized spacial score (nSPS) is 23.8. The number of likely N-dealkylation sites (tertiary alicyclic amines) is 1. The van der Waals surface area contributed by atoms with Crippen molar-refractivity contribution in [2.45, 2.75) is 64.0 Å². The summed E-state index contributed by atoms with van der Waals surface area (Å²) in [5.74, 6) is 1.28. The molecule has 0 saturated carbocycles. The van der Waals surface area contributed by atoms with Crippen LogP contribution >= 0.6 is 11.8 Å². The zero-order valence-corrected chi connectivity index (χ0v) is 12.5. The van der Waals surface area contributed by atoms with Crippen molar-refractivity contribution < 1.29 is 0 Å². The molecule has 1 fully saturated rings. The smallest absolute Gasteiger partial charge is 0.0221 e. The van der Waals surface area contributed by atoms with E-state index in [2.05, 4.69) is 18.1 Å². The van der Waals surface area contributed by atoms with Crippen LogP contribution in [-0.2, 0) is 0 Å². The van der Waals surface area contributed by atoms with Gasteiger partial charge >= 0.3 is 0 Å². The Morgan fingerprint density at radius 1 is 1.41 bits per heavy atom. The highest BCUT2D eigenvalue weighted by molar-refractivity contribution is 7.98. The van der Waals surface area contributed by atoms with Gasteiger partial charge in [0, 0.05) is 18.6 Å². The number of hydrogen-bond donors (Lipinski definition) is 1. The highest BCUT2D eigenvalue weighted by atomic mass is 32.2. The molecule has 1 aliphatic heterocycles. The topological polar surface area (TPSA) is 29.3 Å². The molecule has 17 heavy (non-hydrogen) atoms. The van der Waals surface area contributed by atoms with Crippen LogP contribution in [0.4, 0.5) is 0 Å². The van der Waals surface area contributed by atoms with E-state index in [1.807, 2.05) is 11.8 Å². The number of thioether (sulfide) groups is 1. The second-order valence-corrected chi connectivity index (χ2v) is 6.19. The van der Waals surface area contributed by atoms with Crippen molar-refractivity contribution in [2.75, 3.05) is 25.1 Å². The first-order chi connectivity index (χ1) is 8.33. The molecule has 1 heterocycles. The first-order valence-electron chi connectivity index (χ1n) is 7.28. The Bertz CT molecular complexity index is 185. The van der Waals surface area contributed by atoms with Gasteiger partial charge in [-0.05, 0) is 50.7 Å². The third kappa shape index (κ3) is 5.19. The first-order valence-corrected chi connectivity index (χ1v) is 8.67. The maximum Gasteiger partial charge on any atom is 0.0221 e. The molecule has 2 N–H and O–H groups in total. The van der Waals surface area contributed by atoms with Crippen molar-refractivity contribution in [2.24, 2.45) is 5.73 Å². The number of rotatable bonds is 8. The van der Waals surface area contributed by atoms with Crippen LogP contribution < -0.4 is 5.73 Å². The number of nitrogens with zero attached hydrogens (tertiary/aromatic N) is 1. The van der Waals surface area contributed by atoms with Gasteiger partial charge in [-0.1, -0.05) is 19.8 Å². The highest BCUT2D eigenvalue weighted by Gasteiger charge is 2.26. The molecule has 2 unspecified atom stereocenters. The van der Waals surface area contributed by atoms with E-state index in [1.165, 1.54) is 57.2 Å². The summed E-state index contributed by atoms with van der Waals surface area (Å²) in [7, 11) is 0. The largest absolute Gasteiger partial charge is 0.329 e. The van der Waals surface area contributed by atoms with Crippen LogP contribution in [0.5, 0.6) is 0 Å². The van der Waals surface area contributed by atoms with Crippen molar-refractivity contribution >= 4 is 11.8 Å². The van der Waals surface area contributed by atoms with E-state index in [1.54, 1.807) is 0 Å². The first kappa shape index (κ1) is 15.3. The Kier molecular flexibility index (Phi) is 8.33. The SMILES string of the molecule is CCCC1CCCCN1C(CN)CCCSC. The lowest BCUT2D eigenvalue weighted by Gasteiger charge is -2.41. The lowest BCUT2D eigenvalue weighted by atomic mass is 9.95. The predicted octanol–water partition coefficient (Wildman–Crippen LogP) is 3.11. The maximum absolute atomic E-state index is 6.00. The molecule has 0 aromatic carbocycles. The molecule has 0 aliphatic carbocycles. The maximum atomic E-state index is 6.00. The molecule has 0 aromatic rings. The van der Waals surface area contributed by atoms with E-state index in [0.717, 1.165) is 12.6 Å². The zero-order valence-electron chi connectivity index (χ0n) is 11.7. The fourth-order valence-electron chi connectivity index (χ4n) is 3.03. The molecular formula is C14H30N2S. The molecule has 2 atom stereocenters. The molecule has 2 nitrogen and oxygen atoms in total. The molecule has 1 saturated heterocycles. The van der Waals surface area contributed by atoms with Crippen LogP contribution in [0.3, 0.4) is 0 Å². The molecule has 0 aromatic heterocycles. The molecule has 102 valence electrons. The minimum absolute atomic E-state index is 0.638. The summed E-state index contributed by atoms with van der Waals surface area (Å²) in [6, 6.07) is 1.45. The Balaban J connectivity index is 2.44. The summed E-state index contributed by atoms with van der Waals surface area (Å²) in [6.45, 7) is 4.43. The Morgan fingerprint density at radius 3 is 2.88 bits per heavy atom. The highest BCUT2D eigenvalue weighted by Crippen LogP contribution is 2.24. The van der Waals surface area contributed by atoms with Crippen molar-refractivity contribution in [1.29, 1.82) is 0 Å². The molecule has 0 amide bonds. The lowest BCUT2D eigenvalue weighted by molar-refractivity contribution is 0.0866. The van der Waals surface area contributed by atoms with E-state index in [0.29, 0.717) is 6.04 Å². The molecule has 1 aliphatic rings. The monoisotopic (exact) mass is 258 g/mol. The van der Waals surface area contributed by atoms with Gasteiger partial charge in [0.05, 0.1) is 0 Å². The van der Waals surface area contributed by atoms with Gasteiger partial charge in [-0.15, -0.1) is 0 Å². The Morgan fingerprint density at radius 2 is 2.24 bits per heavy atom. The number of nitrogens with two attached hydrogens (primary N) is 1. The van der Waals surface area contributed by atoms with Crippen molar-refractivity contribution in [1.82, 2.24) is 4.90 Å². The van der Waals surface area contributed by atoms with E-state index < -0.39 is 0 Å². The van der Waals surface area contributed by atoms with Crippen molar-refractivity contribution in [3.8, 4) is 0 Å². The van der Waals surface area contributed by atoms with E-state index in [-0.39, 0.29) is 0 Å². The van der Waals surface area contributed by atoms with Gasteiger partial charge in [0.2, 0.25) is 0 Å². The van der Waals surface area contributed by atoms with Gasteiger partial charge in [0.1, 0.15) is 0 Å². The molecule has 1 rings (SSSR count). The summed E-state index contributed by atoms with van der Waals surface area (Å²) in [5, 5.41) is 0. The van der Waals surface area contributed by atoms with Gasteiger partial charge in [-0.2, -0.15) is 11.8 Å². The number of hydrogen-bond acceptors (Lipinski definition) is 3. The summed E-state index contributed by atoms with van der Waals surface area (Å²) >= 11 is 1.95. The van der Waals surface area contributed by atoms with Gasteiger partial charge in [-0.3, -0.25) is 4.90 Å². The molecule has 3 heteroatoms. The Labute approximate surface area is 112 Å². The van der Waals surface area contributed by atoms with E-state index in [9.17, 15) is 0 Å². The standard InChI is InChI=1S/C14H30N2S/c1-3-7-13-8-4-5-10-16(13)14(12-15)9-6-11-17-2/h13-14H,3-12,15H2,1-2H3. The lowest BCUT2D eigenvalue weighted by Crippen LogP contribution is -2.49. The zero-order chi connectivity index (χ0) is 12.5. The fraction of sp³-hybridized carbons (Fsp3) is 1.00. The predicted molar refractivity (Wildman–Crippen MR) is 79.7 cm³/mol. The molecular weight excluding hydrogens is 228 g/mol. The third-order valence-corrected chi connectivity index (χ3v) is 4.62. The number of piperidine rings is 1. The minimum Gasteiger partial charge on any atom is -0.329 e. The minimum atomic E-state index is 0.638. The van der Waals surface area contributed by atoms with Crippen LogP contribution in [0, 0.1) is 0 Å². The van der Waals surface area contributed by atoms with E-state index >= 15 is 0 Å². The van der Waals surface area contributed by atoms with E-state index in [4.69, 9.17) is 5.73 Å². The van der Waals surface area contributed by atoms with Gasteiger partial charge < -0.3 is 5.73 Å². The van der Waals surface area contributed by atoms with Crippen LogP contribution in [0.1, 0.15) is 51.9 Å². The third-order valence-electron chi connectivity index (χ3n) is 3.92. The van der Waals surface area contributed by atoms with Crippen LogP contribution in [0.25, 0.3) is 0 Å². The average molecular weight is 258 g/mol. The fourth-order valence-corrected chi connectivity index (χ4v) is 3.48. The second-order valence-electron chi connectivity index (χ2n) is 5.20. The van der Waals surface area contributed by atoms with Crippen LogP contribution in [0.15, 0.2) is 0 Å². The van der Waals surface area contributed by atoms with Crippen LogP contribution in [0.2, 0.25) is 0 Å². The van der Waals surface area contributed by atoms with Crippen molar-refractivity contribution in [3.63, 3.8) is 0 Å². The quantitative estimate of drug-likeness (QED) is 0.678.